The molecule has 0 aliphatic heterocycles. The van der Waals surface area contributed by atoms with Crippen molar-refractivity contribution in [3.63, 3.8) is 0 Å². The number of carboxylic acids is 1. The number of carbonyl (C=O) groups is 1. The Balaban J connectivity index is 2.42. The summed E-state index contributed by atoms with van der Waals surface area (Å²) in [4.78, 5) is 18.8. The molecule has 0 fully saturated rings. The second kappa shape index (κ2) is 4.45. The van der Waals surface area contributed by atoms with Crippen molar-refractivity contribution in [2.75, 3.05) is 0 Å². The van der Waals surface area contributed by atoms with Crippen LogP contribution in [0.5, 0.6) is 0 Å². The Morgan fingerprint density at radius 1 is 1.41 bits per heavy atom. The maximum Gasteiger partial charge on any atom is 0.303 e. The van der Waals surface area contributed by atoms with E-state index in [1.165, 1.54) is 12.1 Å². The molecule has 2 aromatic rings. The highest BCUT2D eigenvalue weighted by Crippen LogP contribution is 2.16. The van der Waals surface area contributed by atoms with E-state index in [-0.39, 0.29) is 18.7 Å². The first-order valence-corrected chi connectivity index (χ1v) is 5.21. The molecule has 0 aliphatic rings. The lowest BCUT2D eigenvalue weighted by atomic mass is 10.2. The summed E-state index contributed by atoms with van der Waals surface area (Å²) in [5.41, 5.74) is 1.24. The van der Waals surface area contributed by atoms with Crippen LogP contribution >= 0.6 is 0 Å². The van der Waals surface area contributed by atoms with Crippen LogP contribution in [0, 0.1) is 12.7 Å². The van der Waals surface area contributed by atoms with Gasteiger partial charge in [0, 0.05) is 23.6 Å². The van der Waals surface area contributed by atoms with Gasteiger partial charge in [0.15, 0.2) is 0 Å². The molecule has 1 N–H and O–H groups in total. The number of nitrogens with zero attached hydrogens (tertiary/aromatic N) is 2. The van der Waals surface area contributed by atoms with Gasteiger partial charge in [-0.25, -0.2) is 14.4 Å². The summed E-state index contributed by atoms with van der Waals surface area (Å²) < 4.78 is 13.1. The fraction of sp³-hybridized carbons (Fsp3) is 0.250. The van der Waals surface area contributed by atoms with Gasteiger partial charge in [-0.1, -0.05) is 0 Å². The van der Waals surface area contributed by atoms with Crippen molar-refractivity contribution in [1.29, 1.82) is 0 Å². The molecule has 5 heteroatoms. The van der Waals surface area contributed by atoms with Gasteiger partial charge in [-0.05, 0) is 19.1 Å². The second-order valence-electron chi connectivity index (χ2n) is 3.78. The smallest absolute Gasteiger partial charge is 0.303 e. The monoisotopic (exact) mass is 234 g/mol. The summed E-state index contributed by atoms with van der Waals surface area (Å²) in [6.45, 7) is 1.80. The lowest BCUT2D eigenvalue weighted by Gasteiger charge is -2.04. The number of carboxylic acid groups (broad SMARTS) is 1. The van der Waals surface area contributed by atoms with E-state index >= 15 is 0 Å². The minimum absolute atomic E-state index is 0.0275. The molecule has 1 aromatic heterocycles. The van der Waals surface area contributed by atoms with Crippen molar-refractivity contribution in [3.8, 4) is 0 Å². The minimum Gasteiger partial charge on any atom is -0.481 e. The number of benzene rings is 1. The molecule has 0 saturated heterocycles. The maximum absolute atomic E-state index is 13.1. The van der Waals surface area contributed by atoms with E-state index in [9.17, 15) is 9.18 Å². The fourth-order valence-corrected chi connectivity index (χ4v) is 1.65. The third-order valence-electron chi connectivity index (χ3n) is 2.46. The molecule has 0 atom stereocenters. The van der Waals surface area contributed by atoms with Crippen LogP contribution in [0.4, 0.5) is 4.39 Å². The number of aryl methyl sites for hydroxylation is 2. The van der Waals surface area contributed by atoms with Gasteiger partial charge in [0.05, 0.1) is 11.9 Å². The van der Waals surface area contributed by atoms with Gasteiger partial charge in [0.25, 0.3) is 0 Å². The Bertz CT molecular complexity index is 584. The third kappa shape index (κ3) is 2.55. The van der Waals surface area contributed by atoms with Crippen LogP contribution in [0.3, 0.4) is 0 Å². The number of hydrogen-bond donors (Lipinski definition) is 1. The molecule has 2 rings (SSSR count). The zero-order chi connectivity index (χ0) is 12.4. The number of fused-ring (bicyclic) bond motifs is 1. The van der Waals surface area contributed by atoms with Crippen LogP contribution < -0.4 is 0 Å². The summed E-state index contributed by atoms with van der Waals surface area (Å²) in [5.74, 6) is -0.826. The first-order chi connectivity index (χ1) is 8.06. The molecule has 1 aromatic carbocycles. The predicted octanol–water partition coefficient (Wildman–Crippen LogP) is 2.09. The van der Waals surface area contributed by atoms with Gasteiger partial charge >= 0.3 is 5.97 Å². The number of rotatable bonds is 3. The fourth-order valence-electron chi connectivity index (χ4n) is 1.65. The van der Waals surface area contributed by atoms with Gasteiger partial charge in [-0.15, -0.1) is 0 Å². The quantitative estimate of drug-likeness (QED) is 0.883. The Kier molecular flexibility index (Phi) is 2.99. The van der Waals surface area contributed by atoms with Crippen LogP contribution in [-0.2, 0) is 11.2 Å². The average Bonchev–Trinajstić information content (AvgIpc) is 2.25. The van der Waals surface area contributed by atoms with E-state index in [4.69, 9.17) is 5.11 Å². The number of hydrogen-bond acceptors (Lipinski definition) is 3. The highest BCUT2D eigenvalue weighted by atomic mass is 19.1. The highest BCUT2D eigenvalue weighted by Gasteiger charge is 2.07. The van der Waals surface area contributed by atoms with Crippen molar-refractivity contribution in [2.24, 2.45) is 0 Å². The summed E-state index contributed by atoms with van der Waals surface area (Å²) in [6, 6.07) is 4.31. The van der Waals surface area contributed by atoms with Crippen molar-refractivity contribution in [3.05, 3.63) is 35.5 Å². The lowest BCUT2D eigenvalue weighted by molar-refractivity contribution is -0.137. The van der Waals surface area contributed by atoms with Gasteiger partial charge in [-0.2, -0.15) is 0 Å². The number of aromatic nitrogens is 2. The zero-order valence-corrected chi connectivity index (χ0v) is 9.27. The lowest BCUT2D eigenvalue weighted by Crippen LogP contribution is -2.03. The Morgan fingerprint density at radius 3 is 2.88 bits per heavy atom. The zero-order valence-electron chi connectivity index (χ0n) is 9.27. The van der Waals surface area contributed by atoms with Gasteiger partial charge in [0.1, 0.15) is 11.6 Å². The summed E-state index contributed by atoms with van der Waals surface area (Å²) >= 11 is 0. The number of aliphatic carboxylic acids is 1. The normalized spacial score (nSPS) is 10.7. The van der Waals surface area contributed by atoms with Crippen molar-refractivity contribution < 1.29 is 14.3 Å². The summed E-state index contributed by atoms with van der Waals surface area (Å²) in [6.07, 6.45) is 0.225. The van der Waals surface area contributed by atoms with Crippen molar-refractivity contribution in [1.82, 2.24) is 9.97 Å². The van der Waals surface area contributed by atoms with E-state index in [1.807, 2.05) is 0 Å². The Morgan fingerprint density at radius 2 is 2.18 bits per heavy atom. The molecule has 0 saturated carbocycles. The SMILES string of the molecule is Cc1nc(CCC(=O)O)nc2cc(F)ccc12. The van der Waals surface area contributed by atoms with Crippen LogP contribution in [0.2, 0.25) is 0 Å². The third-order valence-corrected chi connectivity index (χ3v) is 2.46. The van der Waals surface area contributed by atoms with Crippen LogP contribution in [-0.4, -0.2) is 21.0 Å². The first-order valence-electron chi connectivity index (χ1n) is 5.21. The molecular weight excluding hydrogens is 223 g/mol. The van der Waals surface area contributed by atoms with Gasteiger partial charge in [0.2, 0.25) is 0 Å². The molecule has 0 aliphatic carbocycles. The molecule has 0 radical (unpaired) electrons. The maximum atomic E-state index is 13.1. The molecular formula is C12H11FN2O2. The molecule has 0 spiro atoms. The largest absolute Gasteiger partial charge is 0.481 e. The van der Waals surface area contributed by atoms with Crippen LogP contribution in [0.15, 0.2) is 18.2 Å². The molecule has 88 valence electrons. The van der Waals surface area contributed by atoms with Gasteiger partial charge in [-0.3, -0.25) is 4.79 Å². The van der Waals surface area contributed by atoms with E-state index in [2.05, 4.69) is 9.97 Å². The topological polar surface area (TPSA) is 63.1 Å². The predicted molar refractivity (Wildman–Crippen MR) is 60.2 cm³/mol. The van der Waals surface area contributed by atoms with E-state index in [0.29, 0.717) is 11.3 Å². The molecule has 0 unspecified atom stereocenters. The molecule has 4 nitrogen and oxygen atoms in total. The summed E-state index contributed by atoms with van der Waals surface area (Å²) in [5, 5.41) is 9.37. The first kappa shape index (κ1) is 11.4. The highest BCUT2D eigenvalue weighted by molar-refractivity contribution is 5.80. The molecule has 0 bridgehead atoms. The number of halogens is 1. The van der Waals surface area contributed by atoms with E-state index in [1.54, 1.807) is 13.0 Å². The molecule has 1 heterocycles. The van der Waals surface area contributed by atoms with Gasteiger partial charge < -0.3 is 5.11 Å². The molecule has 0 amide bonds. The standard InChI is InChI=1S/C12H11FN2O2/c1-7-9-3-2-8(13)6-10(9)15-11(14-7)4-5-12(16)17/h2-3,6H,4-5H2,1H3,(H,16,17). The van der Waals surface area contributed by atoms with Crippen molar-refractivity contribution >= 4 is 16.9 Å². The summed E-state index contributed by atoms with van der Waals surface area (Å²) in [7, 11) is 0. The Hall–Kier alpha value is -2.04. The molecule has 17 heavy (non-hydrogen) atoms. The van der Waals surface area contributed by atoms with Crippen LogP contribution in [0.25, 0.3) is 10.9 Å². The van der Waals surface area contributed by atoms with E-state index < -0.39 is 5.97 Å². The van der Waals surface area contributed by atoms with Crippen molar-refractivity contribution in [2.45, 2.75) is 19.8 Å². The van der Waals surface area contributed by atoms with E-state index in [0.717, 1.165) is 11.1 Å². The Labute approximate surface area is 97.1 Å². The minimum atomic E-state index is -0.898. The second-order valence-corrected chi connectivity index (χ2v) is 3.78. The van der Waals surface area contributed by atoms with Crippen LogP contribution in [0.1, 0.15) is 17.9 Å². The average molecular weight is 234 g/mol.